The molecule has 0 N–H and O–H groups in total. The first kappa shape index (κ1) is 13.9. The normalized spacial score (nSPS) is 35.9. The maximum Gasteiger partial charge on any atom is 0.00726 e. The second-order valence-corrected chi connectivity index (χ2v) is 6.10. The van der Waals surface area contributed by atoms with Crippen LogP contribution in [0.3, 0.4) is 0 Å². The van der Waals surface area contributed by atoms with Crippen molar-refractivity contribution in [3.8, 4) is 0 Å². The molecular formula is C16H24ClN. The van der Waals surface area contributed by atoms with Gasteiger partial charge in [-0.3, -0.25) is 0 Å². The predicted molar refractivity (Wildman–Crippen MR) is 79.4 cm³/mol. The summed E-state index contributed by atoms with van der Waals surface area (Å²) in [5.41, 5.74) is 2.09. The minimum atomic E-state index is 0. The number of likely N-dealkylation sites (tertiary alicyclic amines) is 1. The van der Waals surface area contributed by atoms with Gasteiger partial charge in [-0.25, -0.2) is 0 Å². The number of rotatable bonds is 1. The lowest BCUT2D eigenvalue weighted by molar-refractivity contribution is 0.0853. The highest BCUT2D eigenvalue weighted by molar-refractivity contribution is 5.85. The fourth-order valence-electron chi connectivity index (χ4n) is 4.16. The molecule has 0 aromatic heterocycles. The van der Waals surface area contributed by atoms with E-state index in [1.54, 1.807) is 5.56 Å². The van der Waals surface area contributed by atoms with Crippen molar-refractivity contribution in [2.75, 3.05) is 13.6 Å². The van der Waals surface area contributed by atoms with E-state index in [1.165, 1.54) is 32.2 Å². The highest BCUT2D eigenvalue weighted by Crippen LogP contribution is 2.51. The van der Waals surface area contributed by atoms with Crippen molar-refractivity contribution in [3.63, 3.8) is 0 Å². The van der Waals surface area contributed by atoms with Crippen LogP contribution in [0, 0.1) is 5.92 Å². The molecule has 1 saturated heterocycles. The standard InChI is InChI=1S/C16H23N.ClH/c1-13-11-16(14-7-4-3-5-8-14)10-6-9-15(16)12-17(13)2;/h3-5,7-8,13,15H,6,9-12H2,1-2H3;1H. The molecule has 2 heteroatoms. The molecule has 0 spiro atoms. The Morgan fingerprint density at radius 1 is 1.22 bits per heavy atom. The van der Waals surface area contributed by atoms with Gasteiger partial charge in [0.05, 0.1) is 0 Å². The summed E-state index contributed by atoms with van der Waals surface area (Å²) in [5, 5.41) is 0. The lowest BCUT2D eigenvalue weighted by Crippen LogP contribution is -2.50. The van der Waals surface area contributed by atoms with Crippen LogP contribution in [0.15, 0.2) is 30.3 Å². The van der Waals surface area contributed by atoms with Crippen LogP contribution in [0.1, 0.15) is 38.2 Å². The van der Waals surface area contributed by atoms with Gasteiger partial charge in [0.2, 0.25) is 0 Å². The van der Waals surface area contributed by atoms with Gasteiger partial charge in [0.25, 0.3) is 0 Å². The van der Waals surface area contributed by atoms with Crippen molar-refractivity contribution in [2.45, 2.75) is 44.1 Å². The molecule has 1 heterocycles. The average Bonchev–Trinajstić information content (AvgIpc) is 2.75. The van der Waals surface area contributed by atoms with Gasteiger partial charge < -0.3 is 4.90 Å². The average molecular weight is 266 g/mol. The van der Waals surface area contributed by atoms with Crippen molar-refractivity contribution < 1.29 is 0 Å². The Labute approximate surface area is 117 Å². The molecule has 3 unspecified atom stereocenters. The smallest absolute Gasteiger partial charge is 0.00726 e. The van der Waals surface area contributed by atoms with Crippen LogP contribution in [-0.2, 0) is 5.41 Å². The molecule has 0 amide bonds. The van der Waals surface area contributed by atoms with E-state index in [9.17, 15) is 0 Å². The van der Waals surface area contributed by atoms with Crippen LogP contribution < -0.4 is 0 Å². The largest absolute Gasteiger partial charge is 0.303 e. The van der Waals surface area contributed by atoms with E-state index in [1.807, 2.05) is 0 Å². The number of piperidine rings is 1. The van der Waals surface area contributed by atoms with Crippen LogP contribution in [0.4, 0.5) is 0 Å². The van der Waals surface area contributed by atoms with Crippen molar-refractivity contribution in [1.29, 1.82) is 0 Å². The minimum Gasteiger partial charge on any atom is -0.303 e. The molecule has 1 aliphatic carbocycles. The SMILES string of the molecule is CC1CC2(c3ccccc3)CCCC2CN1C.Cl. The van der Waals surface area contributed by atoms with E-state index in [-0.39, 0.29) is 12.4 Å². The number of hydrogen-bond donors (Lipinski definition) is 0. The van der Waals surface area contributed by atoms with Crippen LogP contribution in [0.2, 0.25) is 0 Å². The number of hydrogen-bond acceptors (Lipinski definition) is 1. The first-order valence-corrected chi connectivity index (χ1v) is 6.98. The molecule has 1 nitrogen and oxygen atoms in total. The van der Waals surface area contributed by atoms with Gasteiger partial charge >= 0.3 is 0 Å². The monoisotopic (exact) mass is 265 g/mol. The zero-order valence-electron chi connectivity index (χ0n) is 11.4. The number of halogens is 1. The summed E-state index contributed by atoms with van der Waals surface area (Å²) >= 11 is 0. The summed E-state index contributed by atoms with van der Waals surface area (Å²) < 4.78 is 0. The zero-order valence-corrected chi connectivity index (χ0v) is 12.2. The number of nitrogens with zero attached hydrogens (tertiary/aromatic N) is 1. The van der Waals surface area contributed by atoms with Gasteiger partial charge in [0.15, 0.2) is 0 Å². The Morgan fingerprint density at radius 2 is 1.94 bits per heavy atom. The fraction of sp³-hybridized carbons (Fsp3) is 0.625. The molecule has 1 aliphatic heterocycles. The topological polar surface area (TPSA) is 3.24 Å². The lowest BCUT2D eigenvalue weighted by Gasteiger charge is -2.47. The number of benzene rings is 1. The third-order valence-electron chi connectivity index (χ3n) is 5.23. The highest BCUT2D eigenvalue weighted by atomic mass is 35.5. The maximum atomic E-state index is 2.55. The Kier molecular flexibility index (Phi) is 4.03. The summed E-state index contributed by atoms with van der Waals surface area (Å²) in [6.45, 7) is 3.68. The predicted octanol–water partition coefficient (Wildman–Crippen LogP) is 3.87. The summed E-state index contributed by atoms with van der Waals surface area (Å²) in [6.07, 6.45) is 5.59. The second kappa shape index (κ2) is 5.22. The Balaban J connectivity index is 0.00000120. The van der Waals surface area contributed by atoms with Gasteiger partial charge in [0, 0.05) is 18.0 Å². The molecule has 3 atom stereocenters. The van der Waals surface area contributed by atoms with Gasteiger partial charge in [-0.2, -0.15) is 0 Å². The quantitative estimate of drug-likeness (QED) is 0.745. The Morgan fingerprint density at radius 3 is 2.67 bits per heavy atom. The van der Waals surface area contributed by atoms with Gasteiger partial charge in [0.1, 0.15) is 0 Å². The molecule has 2 aliphatic rings. The zero-order chi connectivity index (χ0) is 11.9. The third-order valence-corrected chi connectivity index (χ3v) is 5.23. The van der Waals surface area contributed by atoms with Crippen molar-refractivity contribution >= 4 is 12.4 Å². The fourth-order valence-corrected chi connectivity index (χ4v) is 4.16. The van der Waals surface area contributed by atoms with Crippen LogP contribution in [0.5, 0.6) is 0 Å². The number of fused-ring (bicyclic) bond motifs is 1. The van der Waals surface area contributed by atoms with E-state index in [4.69, 9.17) is 0 Å². The van der Waals surface area contributed by atoms with Crippen LogP contribution in [-0.4, -0.2) is 24.5 Å². The van der Waals surface area contributed by atoms with Gasteiger partial charge in [-0.15, -0.1) is 12.4 Å². The molecule has 2 fully saturated rings. The minimum absolute atomic E-state index is 0. The third kappa shape index (κ3) is 2.08. The van der Waals surface area contributed by atoms with Crippen LogP contribution >= 0.6 is 12.4 Å². The summed E-state index contributed by atoms with van der Waals surface area (Å²) in [4.78, 5) is 2.55. The van der Waals surface area contributed by atoms with E-state index in [2.05, 4.69) is 49.2 Å². The second-order valence-electron chi connectivity index (χ2n) is 6.10. The summed E-state index contributed by atoms with van der Waals surface area (Å²) in [5.74, 6) is 0.881. The Bertz CT molecular complexity index is 391. The van der Waals surface area contributed by atoms with Crippen molar-refractivity contribution in [2.24, 2.45) is 5.92 Å². The van der Waals surface area contributed by atoms with Crippen LogP contribution in [0.25, 0.3) is 0 Å². The molecule has 100 valence electrons. The van der Waals surface area contributed by atoms with E-state index in [0.717, 1.165) is 12.0 Å². The maximum absolute atomic E-state index is 2.55. The summed E-state index contributed by atoms with van der Waals surface area (Å²) in [6, 6.07) is 12.0. The van der Waals surface area contributed by atoms with E-state index < -0.39 is 0 Å². The molecule has 18 heavy (non-hydrogen) atoms. The van der Waals surface area contributed by atoms with E-state index >= 15 is 0 Å². The lowest BCUT2D eigenvalue weighted by atomic mass is 9.66. The molecular weight excluding hydrogens is 242 g/mol. The highest BCUT2D eigenvalue weighted by Gasteiger charge is 2.48. The molecule has 1 aromatic carbocycles. The molecule has 0 bridgehead atoms. The van der Waals surface area contributed by atoms with Gasteiger partial charge in [-0.1, -0.05) is 36.8 Å². The first-order chi connectivity index (χ1) is 8.22. The first-order valence-electron chi connectivity index (χ1n) is 6.98. The Hall–Kier alpha value is -0.530. The van der Waals surface area contributed by atoms with Crippen molar-refractivity contribution in [3.05, 3.63) is 35.9 Å². The van der Waals surface area contributed by atoms with Gasteiger partial charge in [-0.05, 0) is 44.7 Å². The van der Waals surface area contributed by atoms with Crippen molar-refractivity contribution in [1.82, 2.24) is 4.90 Å². The molecule has 1 aromatic rings. The molecule has 1 saturated carbocycles. The summed E-state index contributed by atoms with van der Waals surface area (Å²) in [7, 11) is 2.29. The molecule has 3 rings (SSSR count). The molecule has 0 radical (unpaired) electrons. The van der Waals surface area contributed by atoms with E-state index in [0.29, 0.717) is 5.41 Å².